The van der Waals surface area contributed by atoms with E-state index in [1.54, 1.807) is 0 Å². The highest BCUT2D eigenvalue weighted by Crippen LogP contribution is 2.10. The molecule has 0 fully saturated rings. The lowest BCUT2D eigenvalue weighted by molar-refractivity contribution is -0.478. The lowest BCUT2D eigenvalue weighted by atomic mass is 10.4. The zero-order valence-electron chi connectivity index (χ0n) is 6.71. The Morgan fingerprint density at radius 3 is 1.10 bits per heavy atom. The Hall–Kier alpha value is -0.160. The highest BCUT2D eigenvalue weighted by Gasteiger charge is 2.21. The molecule has 0 amide bonds. The molecule has 0 rings (SSSR count). The molecule has 0 aromatic heterocycles. The molecule has 0 saturated carbocycles. The first-order chi connectivity index (χ1) is 4.21. The van der Waals surface area contributed by atoms with E-state index in [1.807, 2.05) is 0 Å². The molecule has 0 aliphatic heterocycles. The van der Waals surface area contributed by atoms with Crippen molar-refractivity contribution < 1.29 is 20.0 Å². The average Bonchev–Trinajstić information content (AvgIpc) is 1.57. The summed E-state index contributed by atoms with van der Waals surface area (Å²) in [5, 5.41) is 17.8. The third-order valence-corrected chi connectivity index (χ3v) is 0.450. The maximum Gasteiger partial charge on any atom is 0.193 e. The molecule has 0 aliphatic carbocycles. The second-order valence-electron chi connectivity index (χ2n) is 3.06. The van der Waals surface area contributed by atoms with Crippen LogP contribution in [0.15, 0.2) is 0 Å². The number of aliphatic hydroxyl groups is 2. The maximum atomic E-state index is 8.92. The van der Waals surface area contributed by atoms with Gasteiger partial charge in [-0.2, -0.15) is 9.78 Å². The molecule has 0 heterocycles. The predicted octanol–water partition coefficient (Wildman–Crippen LogP) is 0.391. The molecule has 0 unspecified atom stereocenters. The van der Waals surface area contributed by atoms with Gasteiger partial charge in [0, 0.05) is 0 Å². The SMILES string of the molecule is CC(C)(O)OOC(C)(C)O. The molecule has 2 N–H and O–H groups in total. The molecule has 0 atom stereocenters. The summed E-state index contributed by atoms with van der Waals surface area (Å²) in [6, 6.07) is 0. The van der Waals surface area contributed by atoms with E-state index in [0.717, 1.165) is 0 Å². The zero-order chi connectivity index (χ0) is 8.41. The van der Waals surface area contributed by atoms with Gasteiger partial charge in [0.2, 0.25) is 0 Å². The predicted molar refractivity (Wildman–Crippen MR) is 34.8 cm³/mol. The van der Waals surface area contributed by atoms with Crippen molar-refractivity contribution in [2.24, 2.45) is 0 Å². The second-order valence-corrected chi connectivity index (χ2v) is 3.06. The average molecular weight is 150 g/mol. The van der Waals surface area contributed by atoms with Gasteiger partial charge in [-0.05, 0) is 27.7 Å². The second kappa shape index (κ2) is 2.84. The summed E-state index contributed by atoms with van der Waals surface area (Å²) in [6.07, 6.45) is 0. The Morgan fingerprint density at radius 1 is 0.800 bits per heavy atom. The molecule has 0 saturated heterocycles. The maximum absolute atomic E-state index is 8.92. The Kier molecular flexibility index (Phi) is 2.79. The minimum atomic E-state index is -1.38. The molecule has 0 aliphatic rings. The molecular formula is C6H14O4. The number of rotatable bonds is 3. The van der Waals surface area contributed by atoms with E-state index in [0.29, 0.717) is 0 Å². The molecule has 4 nitrogen and oxygen atoms in total. The van der Waals surface area contributed by atoms with Gasteiger partial charge in [0.05, 0.1) is 0 Å². The van der Waals surface area contributed by atoms with E-state index in [2.05, 4.69) is 9.78 Å². The third kappa shape index (κ3) is 7.84. The van der Waals surface area contributed by atoms with Crippen molar-refractivity contribution in [1.29, 1.82) is 0 Å². The van der Waals surface area contributed by atoms with Crippen molar-refractivity contribution >= 4 is 0 Å². The first-order valence-corrected chi connectivity index (χ1v) is 3.02. The summed E-state index contributed by atoms with van der Waals surface area (Å²) in [7, 11) is 0. The fourth-order valence-electron chi connectivity index (χ4n) is 0.204. The van der Waals surface area contributed by atoms with E-state index >= 15 is 0 Å². The molecule has 62 valence electrons. The molecule has 10 heavy (non-hydrogen) atoms. The van der Waals surface area contributed by atoms with Crippen molar-refractivity contribution in [3.63, 3.8) is 0 Å². The van der Waals surface area contributed by atoms with Crippen LogP contribution in [0.3, 0.4) is 0 Å². The molecule has 0 aromatic carbocycles. The Morgan fingerprint density at radius 2 is 1.00 bits per heavy atom. The summed E-state index contributed by atoms with van der Waals surface area (Å²) in [5.74, 6) is -2.75. The van der Waals surface area contributed by atoms with E-state index in [4.69, 9.17) is 10.2 Å². The molecular weight excluding hydrogens is 136 g/mol. The van der Waals surface area contributed by atoms with Crippen LogP contribution in [0.1, 0.15) is 27.7 Å². The summed E-state index contributed by atoms with van der Waals surface area (Å²) < 4.78 is 0. The first-order valence-electron chi connectivity index (χ1n) is 3.02. The standard InChI is InChI=1S/C6H14O4/c1-5(2,7)9-10-6(3,4)8/h7-8H,1-4H3. The fourth-order valence-corrected chi connectivity index (χ4v) is 0.204. The number of hydrogen-bond acceptors (Lipinski definition) is 4. The van der Waals surface area contributed by atoms with Crippen molar-refractivity contribution in [2.75, 3.05) is 0 Å². The molecule has 0 radical (unpaired) electrons. The summed E-state index contributed by atoms with van der Waals surface area (Å²) in [5.41, 5.74) is 0. The summed E-state index contributed by atoms with van der Waals surface area (Å²) >= 11 is 0. The number of hydrogen-bond donors (Lipinski definition) is 2. The minimum absolute atomic E-state index is 1.37. The van der Waals surface area contributed by atoms with Gasteiger partial charge in [-0.25, -0.2) is 0 Å². The van der Waals surface area contributed by atoms with E-state index in [1.165, 1.54) is 27.7 Å². The van der Waals surface area contributed by atoms with Gasteiger partial charge in [0.1, 0.15) is 0 Å². The smallest absolute Gasteiger partial charge is 0.193 e. The van der Waals surface area contributed by atoms with E-state index in [-0.39, 0.29) is 0 Å². The fraction of sp³-hybridized carbons (Fsp3) is 1.00. The lowest BCUT2D eigenvalue weighted by Gasteiger charge is -2.22. The lowest BCUT2D eigenvalue weighted by Crippen LogP contribution is -2.31. The van der Waals surface area contributed by atoms with Gasteiger partial charge in [0.25, 0.3) is 0 Å². The van der Waals surface area contributed by atoms with Crippen molar-refractivity contribution in [3.05, 3.63) is 0 Å². The van der Waals surface area contributed by atoms with Crippen LogP contribution in [-0.4, -0.2) is 21.8 Å². The first kappa shape index (κ1) is 9.84. The zero-order valence-corrected chi connectivity index (χ0v) is 6.71. The van der Waals surface area contributed by atoms with Crippen LogP contribution in [-0.2, 0) is 9.78 Å². The quantitative estimate of drug-likeness (QED) is 0.347. The Bertz CT molecular complexity index is 83.3. The monoisotopic (exact) mass is 150 g/mol. The minimum Gasteiger partial charge on any atom is -0.364 e. The molecule has 0 bridgehead atoms. The van der Waals surface area contributed by atoms with Gasteiger partial charge in [-0.1, -0.05) is 0 Å². The Labute approximate surface area is 60.3 Å². The van der Waals surface area contributed by atoms with Crippen LogP contribution in [0.4, 0.5) is 0 Å². The van der Waals surface area contributed by atoms with E-state index in [9.17, 15) is 0 Å². The van der Waals surface area contributed by atoms with Gasteiger partial charge in [-0.3, -0.25) is 0 Å². The molecule has 0 spiro atoms. The normalized spacial score (nSPS) is 13.8. The summed E-state index contributed by atoms with van der Waals surface area (Å²) in [4.78, 5) is 8.80. The van der Waals surface area contributed by atoms with Crippen LogP contribution in [0.25, 0.3) is 0 Å². The third-order valence-electron chi connectivity index (χ3n) is 0.450. The van der Waals surface area contributed by atoms with Crippen LogP contribution in [0, 0.1) is 0 Å². The highest BCUT2D eigenvalue weighted by molar-refractivity contribution is 4.46. The summed E-state index contributed by atoms with van der Waals surface area (Å²) in [6.45, 7) is 5.61. The van der Waals surface area contributed by atoms with Gasteiger partial charge >= 0.3 is 0 Å². The van der Waals surface area contributed by atoms with Crippen molar-refractivity contribution in [1.82, 2.24) is 0 Å². The highest BCUT2D eigenvalue weighted by atomic mass is 17.2. The van der Waals surface area contributed by atoms with Crippen LogP contribution in [0.5, 0.6) is 0 Å². The van der Waals surface area contributed by atoms with Crippen LogP contribution < -0.4 is 0 Å². The van der Waals surface area contributed by atoms with Gasteiger partial charge < -0.3 is 10.2 Å². The van der Waals surface area contributed by atoms with Crippen molar-refractivity contribution in [3.8, 4) is 0 Å². The van der Waals surface area contributed by atoms with Gasteiger partial charge in [-0.15, -0.1) is 0 Å². The van der Waals surface area contributed by atoms with Crippen LogP contribution >= 0.6 is 0 Å². The topological polar surface area (TPSA) is 58.9 Å². The molecule has 4 heteroatoms. The van der Waals surface area contributed by atoms with Gasteiger partial charge in [0.15, 0.2) is 11.6 Å². The Balaban J connectivity index is 3.56. The molecule has 0 aromatic rings. The largest absolute Gasteiger partial charge is 0.364 e. The van der Waals surface area contributed by atoms with E-state index < -0.39 is 11.6 Å². The van der Waals surface area contributed by atoms with Crippen LogP contribution in [0.2, 0.25) is 0 Å². The van der Waals surface area contributed by atoms with Crippen molar-refractivity contribution in [2.45, 2.75) is 39.3 Å².